The minimum atomic E-state index is -0.327. The average Bonchev–Trinajstić information content (AvgIpc) is 2.88. The van der Waals surface area contributed by atoms with Gasteiger partial charge >= 0.3 is 0 Å². The number of nitrogens with zero attached hydrogens (tertiary/aromatic N) is 2. The van der Waals surface area contributed by atoms with Gasteiger partial charge in [0.15, 0.2) is 0 Å². The Kier molecular flexibility index (Phi) is 3.47. The average molecular weight is 316 g/mol. The van der Waals surface area contributed by atoms with E-state index in [2.05, 4.69) is 16.9 Å². The zero-order valence-electron chi connectivity index (χ0n) is 13.1. The first kappa shape index (κ1) is 14.5. The topological polar surface area (TPSA) is 77.8 Å². The molecule has 22 heavy (non-hydrogen) atoms. The molecule has 4 rings (SSSR count). The number of rotatable bonds is 1. The van der Waals surface area contributed by atoms with Gasteiger partial charge in [-0.15, -0.1) is 11.3 Å². The zero-order valence-corrected chi connectivity index (χ0v) is 14.0. The molecule has 0 aromatic carbocycles. The summed E-state index contributed by atoms with van der Waals surface area (Å²) in [6.45, 7) is 2.34. The number of hydrogen-bond donors (Lipinski definition) is 2. The van der Waals surface area contributed by atoms with E-state index in [1.165, 1.54) is 28.7 Å². The van der Waals surface area contributed by atoms with E-state index in [9.17, 15) is 0 Å². The summed E-state index contributed by atoms with van der Waals surface area (Å²) in [6, 6.07) is 0.297. The predicted octanol–water partition coefficient (Wildman–Crippen LogP) is 2.87. The summed E-state index contributed by atoms with van der Waals surface area (Å²) in [5.41, 5.74) is 15.1. The number of aryl methyl sites for hydroxylation is 1. The Balaban J connectivity index is 1.86. The smallest absolute Gasteiger partial charge is 0.127 e. The van der Waals surface area contributed by atoms with E-state index >= 15 is 0 Å². The molecule has 2 aromatic rings. The lowest BCUT2D eigenvalue weighted by molar-refractivity contribution is 0.273. The van der Waals surface area contributed by atoms with Crippen LogP contribution in [-0.4, -0.2) is 16.0 Å². The fourth-order valence-corrected chi connectivity index (χ4v) is 5.24. The second-order valence-electron chi connectivity index (χ2n) is 7.25. The fraction of sp³-hybridized carbons (Fsp3) is 0.647. The molecule has 1 atom stereocenters. The third kappa shape index (κ3) is 2.27. The van der Waals surface area contributed by atoms with Crippen molar-refractivity contribution in [1.82, 2.24) is 9.97 Å². The Morgan fingerprint density at radius 3 is 2.77 bits per heavy atom. The van der Waals surface area contributed by atoms with Crippen molar-refractivity contribution in [2.24, 2.45) is 17.4 Å². The molecule has 2 aliphatic rings. The maximum absolute atomic E-state index is 6.79. The van der Waals surface area contributed by atoms with E-state index < -0.39 is 0 Å². The molecule has 5 heteroatoms. The van der Waals surface area contributed by atoms with Crippen LogP contribution in [0, 0.1) is 5.92 Å². The van der Waals surface area contributed by atoms with Gasteiger partial charge in [-0.3, -0.25) is 0 Å². The van der Waals surface area contributed by atoms with Crippen LogP contribution >= 0.6 is 11.3 Å². The van der Waals surface area contributed by atoms with Crippen LogP contribution in [-0.2, 0) is 18.4 Å². The highest BCUT2D eigenvalue weighted by Crippen LogP contribution is 2.43. The first-order chi connectivity index (χ1) is 10.6. The molecule has 118 valence electrons. The van der Waals surface area contributed by atoms with Crippen molar-refractivity contribution in [3.63, 3.8) is 0 Å². The van der Waals surface area contributed by atoms with Gasteiger partial charge in [-0.05, 0) is 56.4 Å². The molecular weight excluding hydrogens is 292 g/mol. The van der Waals surface area contributed by atoms with Crippen LogP contribution in [0.3, 0.4) is 0 Å². The van der Waals surface area contributed by atoms with E-state index in [-0.39, 0.29) is 5.54 Å². The van der Waals surface area contributed by atoms with Crippen LogP contribution in [0.1, 0.15) is 55.2 Å². The Bertz CT molecular complexity index is 700. The lowest BCUT2D eigenvalue weighted by Crippen LogP contribution is -2.44. The molecule has 4 nitrogen and oxygen atoms in total. The van der Waals surface area contributed by atoms with Gasteiger partial charge in [0, 0.05) is 16.3 Å². The Morgan fingerprint density at radius 2 is 2.00 bits per heavy atom. The van der Waals surface area contributed by atoms with Crippen molar-refractivity contribution in [2.75, 3.05) is 0 Å². The van der Waals surface area contributed by atoms with E-state index in [4.69, 9.17) is 11.5 Å². The Hall–Kier alpha value is -1.04. The van der Waals surface area contributed by atoms with Crippen LogP contribution in [0.25, 0.3) is 10.2 Å². The van der Waals surface area contributed by atoms with Gasteiger partial charge in [-0.1, -0.05) is 6.92 Å². The van der Waals surface area contributed by atoms with Crippen molar-refractivity contribution in [2.45, 2.75) is 63.5 Å². The Morgan fingerprint density at radius 1 is 1.23 bits per heavy atom. The van der Waals surface area contributed by atoms with Crippen LogP contribution in [0.15, 0.2) is 6.33 Å². The molecule has 0 radical (unpaired) electrons. The predicted molar refractivity (Wildman–Crippen MR) is 90.9 cm³/mol. The minimum absolute atomic E-state index is 0.297. The molecule has 2 heterocycles. The molecule has 1 saturated carbocycles. The molecule has 0 spiro atoms. The van der Waals surface area contributed by atoms with E-state index in [1.807, 2.05) is 11.3 Å². The molecule has 0 amide bonds. The van der Waals surface area contributed by atoms with Crippen LogP contribution in [0.2, 0.25) is 0 Å². The SMILES string of the molecule is CC1CCc2sc3ncnc(C4(N)CCC(N)CC4)c3c2C1. The Labute approximate surface area is 135 Å². The molecule has 1 fully saturated rings. The molecule has 1 unspecified atom stereocenters. The number of nitrogens with two attached hydrogens (primary N) is 2. The van der Waals surface area contributed by atoms with Crippen molar-refractivity contribution in [3.05, 3.63) is 22.5 Å². The third-order valence-corrected chi connectivity index (χ3v) is 6.68. The summed E-state index contributed by atoms with van der Waals surface area (Å²) in [7, 11) is 0. The van der Waals surface area contributed by atoms with Crippen molar-refractivity contribution < 1.29 is 0 Å². The van der Waals surface area contributed by atoms with Crippen LogP contribution < -0.4 is 11.5 Å². The number of thiophene rings is 1. The lowest BCUT2D eigenvalue weighted by Gasteiger charge is -2.36. The summed E-state index contributed by atoms with van der Waals surface area (Å²) < 4.78 is 0. The largest absolute Gasteiger partial charge is 0.328 e. The monoisotopic (exact) mass is 316 g/mol. The van der Waals surface area contributed by atoms with E-state index in [1.54, 1.807) is 6.33 Å². The molecular formula is C17H24N4S. The molecule has 4 N–H and O–H groups in total. The van der Waals surface area contributed by atoms with Gasteiger partial charge in [0.05, 0.1) is 11.2 Å². The first-order valence-corrected chi connectivity index (χ1v) is 9.18. The van der Waals surface area contributed by atoms with Crippen LogP contribution in [0.5, 0.6) is 0 Å². The second-order valence-corrected chi connectivity index (χ2v) is 8.33. The number of aromatic nitrogens is 2. The van der Waals surface area contributed by atoms with Crippen molar-refractivity contribution in [3.8, 4) is 0 Å². The maximum Gasteiger partial charge on any atom is 0.127 e. The fourth-order valence-electron chi connectivity index (χ4n) is 4.05. The van der Waals surface area contributed by atoms with Gasteiger partial charge < -0.3 is 11.5 Å². The van der Waals surface area contributed by atoms with Gasteiger partial charge in [0.25, 0.3) is 0 Å². The summed E-state index contributed by atoms with van der Waals surface area (Å²) in [5.74, 6) is 0.742. The van der Waals surface area contributed by atoms with Gasteiger partial charge in [0.2, 0.25) is 0 Å². The highest BCUT2D eigenvalue weighted by atomic mass is 32.1. The second kappa shape index (κ2) is 5.25. The van der Waals surface area contributed by atoms with E-state index in [0.717, 1.165) is 48.5 Å². The summed E-state index contributed by atoms with van der Waals surface area (Å²) in [5, 5.41) is 1.27. The van der Waals surface area contributed by atoms with Crippen molar-refractivity contribution >= 4 is 21.6 Å². The zero-order chi connectivity index (χ0) is 15.3. The normalized spacial score (nSPS) is 32.1. The maximum atomic E-state index is 6.79. The van der Waals surface area contributed by atoms with Gasteiger partial charge in [-0.25, -0.2) is 9.97 Å². The van der Waals surface area contributed by atoms with Gasteiger partial charge in [0.1, 0.15) is 11.2 Å². The van der Waals surface area contributed by atoms with E-state index in [0.29, 0.717) is 6.04 Å². The number of fused-ring (bicyclic) bond motifs is 3. The molecule has 0 bridgehead atoms. The molecule has 0 saturated heterocycles. The summed E-state index contributed by atoms with van der Waals surface area (Å²) >= 11 is 1.85. The highest BCUT2D eigenvalue weighted by Gasteiger charge is 2.36. The first-order valence-electron chi connectivity index (χ1n) is 8.37. The molecule has 0 aliphatic heterocycles. The summed E-state index contributed by atoms with van der Waals surface area (Å²) in [4.78, 5) is 11.8. The number of hydrogen-bond acceptors (Lipinski definition) is 5. The highest BCUT2D eigenvalue weighted by molar-refractivity contribution is 7.18. The lowest BCUT2D eigenvalue weighted by atomic mass is 9.76. The summed E-state index contributed by atoms with van der Waals surface area (Å²) in [6.07, 6.45) is 9.15. The van der Waals surface area contributed by atoms with Crippen molar-refractivity contribution in [1.29, 1.82) is 0 Å². The third-order valence-electron chi connectivity index (χ3n) is 5.48. The van der Waals surface area contributed by atoms with Crippen LogP contribution in [0.4, 0.5) is 0 Å². The standard InChI is InChI=1S/C17H24N4S/c1-10-2-3-13-12(8-10)14-15(20-9-21-16(14)22-13)17(19)6-4-11(18)5-7-17/h9-11H,2-8,18-19H2,1H3. The quantitative estimate of drug-likeness (QED) is 0.848. The molecule has 2 aromatic heterocycles. The minimum Gasteiger partial charge on any atom is -0.328 e. The van der Waals surface area contributed by atoms with Gasteiger partial charge in [-0.2, -0.15) is 0 Å². The molecule has 2 aliphatic carbocycles.